The lowest BCUT2D eigenvalue weighted by atomic mass is 9.49. The van der Waals surface area contributed by atoms with Crippen molar-refractivity contribution >= 4 is 0 Å². The largest absolute Gasteiger partial charge is 0.315 e. The average Bonchev–Trinajstić information content (AvgIpc) is 2.70. The maximum absolute atomic E-state index is 4.64. The zero-order valence-corrected chi connectivity index (χ0v) is 12.2. The van der Waals surface area contributed by atoms with Crippen molar-refractivity contribution in [3.05, 3.63) is 11.6 Å². The number of nitrogens with zero attached hydrogens (tertiary/aromatic N) is 3. The van der Waals surface area contributed by atoms with Gasteiger partial charge in [-0.1, -0.05) is 6.92 Å². The molecular weight excluding hydrogens is 234 g/mol. The lowest BCUT2D eigenvalue weighted by Gasteiger charge is -2.56. The highest BCUT2D eigenvalue weighted by molar-refractivity contribution is 5.18. The van der Waals surface area contributed by atoms with Crippen LogP contribution in [0.4, 0.5) is 0 Å². The summed E-state index contributed by atoms with van der Waals surface area (Å²) in [5.41, 5.74) is 0.394. The van der Waals surface area contributed by atoms with Crippen LogP contribution in [-0.4, -0.2) is 14.8 Å². The van der Waals surface area contributed by atoms with Crippen LogP contribution in [0.1, 0.15) is 63.5 Å². The van der Waals surface area contributed by atoms with Crippen LogP contribution in [0.25, 0.3) is 0 Å². The molecule has 1 aromatic rings. The molecule has 1 heterocycles. The minimum Gasteiger partial charge on any atom is -0.315 e. The number of aromatic nitrogens is 3. The molecule has 0 aromatic carbocycles. The predicted molar refractivity (Wildman–Crippen MR) is 74.9 cm³/mol. The van der Waals surface area contributed by atoms with Gasteiger partial charge in [-0.2, -0.15) is 0 Å². The van der Waals surface area contributed by atoms with Gasteiger partial charge in [0.15, 0.2) is 0 Å². The SMILES string of the molecule is CCCn1c(C)nnc1C12CC3CC(CC(C3)C1)C2. The van der Waals surface area contributed by atoms with Crippen molar-refractivity contribution in [3.8, 4) is 0 Å². The maximum Gasteiger partial charge on any atom is 0.139 e. The van der Waals surface area contributed by atoms with Crippen LogP contribution in [0, 0.1) is 24.7 Å². The Morgan fingerprint density at radius 2 is 1.63 bits per heavy atom. The molecule has 4 saturated carbocycles. The Balaban J connectivity index is 1.75. The Hall–Kier alpha value is -0.860. The third kappa shape index (κ3) is 1.70. The molecule has 0 unspecified atom stereocenters. The van der Waals surface area contributed by atoms with Gasteiger partial charge in [0.05, 0.1) is 0 Å². The quantitative estimate of drug-likeness (QED) is 0.832. The molecule has 104 valence electrons. The fraction of sp³-hybridized carbons (Fsp3) is 0.875. The summed E-state index contributed by atoms with van der Waals surface area (Å²) in [5, 5.41) is 9.04. The van der Waals surface area contributed by atoms with E-state index in [2.05, 4.69) is 28.6 Å². The van der Waals surface area contributed by atoms with E-state index in [9.17, 15) is 0 Å². The number of aryl methyl sites for hydroxylation is 1. The van der Waals surface area contributed by atoms with E-state index in [1.54, 1.807) is 0 Å². The summed E-state index contributed by atoms with van der Waals surface area (Å²) in [6, 6.07) is 0. The Kier molecular flexibility index (Phi) is 2.55. The van der Waals surface area contributed by atoms with Crippen LogP contribution < -0.4 is 0 Å². The van der Waals surface area contributed by atoms with E-state index in [1.807, 2.05) is 0 Å². The van der Waals surface area contributed by atoms with Crippen LogP contribution in [0.2, 0.25) is 0 Å². The lowest BCUT2D eigenvalue weighted by molar-refractivity contribution is -0.0112. The van der Waals surface area contributed by atoms with Gasteiger partial charge in [-0.15, -0.1) is 10.2 Å². The van der Waals surface area contributed by atoms with Gasteiger partial charge < -0.3 is 4.57 Å². The van der Waals surface area contributed by atoms with E-state index >= 15 is 0 Å². The molecule has 0 amide bonds. The molecule has 0 saturated heterocycles. The van der Waals surface area contributed by atoms with Gasteiger partial charge in [0.1, 0.15) is 11.6 Å². The lowest BCUT2D eigenvalue weighted by Crippen LogP contribution is -2.49. The van der Waals surface area contributed by atoms with Gasteiger partial charge in [-0.3, -0.25) is 0 Å². The molecule has 0 spiro atoms. The molecule has 4 bridgehead atoms. The zero-order valence-electron chi connectivity index (χ0n) is 12.2. The standard InChI is InChI=1S/C16H25N3/c1-3-4-19-11(2)17-18-15(19)16-8-12-5-13(9-16)7-14(6-12)10-16/h12-14H,3-10H2,1-2H3. The highest BCUT2D eigenvalue weighted by Gasteiger charge is 2.53. The van der Waals surface area contributed by atoms with E-state index < -0.39 is 0 Å². The fourth-order valence-electron chi connectivity index (χ4n) is 5.65. The molecular formula is C16H25N3. The van der Waals surface area contributed by atoms with Crippen LogP contribution in [0.3, 0.4) is 0 Å². The summed E-state index contributed by atoms with van der Waals surface area (Å²) in [4.78, 5) is 0. The zero-order chi connectivity index (χ0) is 13.0. The van der Waals surface area contributed by atoms with E-state index in [4.69, 9.17) is 0 Å². The van der Waals surface area contributed by atoms with Gasteiger partial charge in [0.25, 0.3) is 0 Å². The normalized spacial score (nSPS) is 40.0. The highest BCUT2D eigenvalue weighted by atomic mass is 15.3. The van der Waals surface area contributed by atoms with E-state index in [1.165, 1.54) is 50.8 Å². The van der Waals surface area contributed by atoms with Crippen LogP contribution in [-0.2, 0) is 12.0 Å². The second-order valence-corrected chi connectivity index (χ2v) is 7.42. The summed E-state index contributed by atoms with van der Waals surface area (Å²) >= 11 is 0. The first kappa shape index (κ1) is 11.9. The number of hydrogen-bond donors (Lipinski definition) is 0. The Morgan fingerprint density at radius 3 is 2.16 bits per heavy atom. The predicted octanol–water partition coefficient (Wildman–Crippen LogP) is 3.46. The smallest absolute Gasteiger partial charge is 0.139 e. The first-order chi connectivity index (χ1) is 9.20. The molecule has 0 atom stereocenters. The Bertz CT molecular complexity index is 453. The third-order valence-corrected chi connectivity index (χ3v) is 5.90. The molecule has 3 heteroatoms. The maximum atomic E-state index is 4.64. The molecule has 1 aromatic heterocycles. The van der Waals surface area contributed by atoms with Crippen LogP contribution in [0.15, 0.2) is 0 Å². The minimum absolute atomic E-state index is 0.394. The van der Waals surface area contributed by atoms with Crippen molar-refractivity contribution in [3.63, 3.8) is 0 Å². The molecule has 4 fully saturated rings. The second kappa shape index (κ2) is 4.07. The summed E-state index contributed by atoms with van der Waals surface area (Å²) in [7, 11) is 0. The van der Waals surface area contributed by atoms with Crippen molar-refractivity contribution in [2.75, 3.05) is 0 Å². The molecule has 3 nitrogen and oxygen atoms in total. The molecule has 0 N–H and O–H groups in total. The van der Waals surface area contributed by atoms with Crippen molar-refractivity contribution in [2.24, 2.45) is 17.8 Å². The first-order valence-corrected chi connectivity index (χ1v) is 8.10. The summed E-state index contributed by atoms with van der Waals surface area (Å²) in [5.74, 6) is 5.41. The summed E-state index contributed by atoms with van der Waals surface area (Å²) in [6.07, 6.45) is 9.85. The first-order valence-electron chi connectivity index (χ1n) is 8.10. The van der Waals surface area contributed by atoms with E-state index in [0.29, 0.717) is 5.41 Å². The highest BCUT2D eigenvalue weighted by Crippen LogP contribution is 2.60. The van der Waals surface area contributed by atoms with Gasteiger partial charge in [-0.25, -0.2) is 0 Å². The van der Waals surface area contributed by atoms with Gasteiger partial charge in [0, 0.05) is 12.0 Å². The van der Waals surface area contributed by atoms with Crippen LogP contribution in [0.5, 0.6) is 0 Å². The average molecular weight is 259 g/mol. The van der Waals surface area contributed by atoms with Crippen molar-refractivity contribution in [2.45, 2.75) is 70.8 Å². The third-order valence-electron chi connectivity index (χ3n) is 5.90. The fourth-order valence-corrected chi connectivity index (χ4v) is 5.65. The van der Waals surface area contributed by atoms with Crippen molar-refractivity contribution in [1.29, 1.82) is 0 Å². The number of hydrogen-bond acceptors (Lipinski definition) is 2. The van der Waals surface area contributed by atoms with Gasteiger partial charge in [-0.05, 0) is 69.6 Å². The van der Waals surface area contributed by atoms with E-state index in [0.717, 1.165) is 30.1 Å². The van der Waals surface area contributed by atoms with Crippen molar-refractivity contribution in [1.82, 2.24) is 14.8 Å². The summed E-state index contributed by atoms with van der Waals surface area (Å²) < 4.78 is 2.42. The second-order valence-electron chi connectivity index (χ2n) is 7.42. The molecule has 5 rings (SSSR count). The number of rotatable bonds is 3. The minimum atomic E-state index is 0.394. The molecule has 0 radical (unpaired) electrons. The Morgan fingerprint density at radius 1 is 1.05 bits per heavy atom. The molecule has 4 aliphatic carbocycles. The molecule has 4 aliphatic rings. The van der Waals surface area contributed by atoms with E-state index in [-0.39, 0.29) is 0 Å². The topological polar surface area (TPSA) is 30.7 Å². The van der Waals surface area contributed by atoms with Crippen LogP contribution >= 0.6 is 0 Å². The monoisotopic (exact) mass is 259 g/mol. The van der Waals surface area contributed by atoms with Gasteiger partial charge >= 0.3 is 0 Å². The molecule has 0 aliphatic heterocycles. The van der Waals surface area contributed by atoms with Gasteiger partial charge in [0.2, 0.25) is 0 Å². The molecule has 19 heavy (non-hydrogen) atoms. The summed E-state index contributed by atoms with van der Waals surface area (Å²) in [6.45, 7) is 5.46. The Labute approximate surface area is 115 Å². The van der Waals surface area contributed by atoms with Crippen molar-refractivity contribution < 1.29 is 0 Å².